The molecule has 0 aromatic heterocycles. The number of benzene rings is 1. The number of guanidine groups is 1. The molecule has 2 saturated heterocycles. The lowest BCUT2D eigenvalue weighted by atomic mass is 10.1. The molecule has 1 aromatic rings. The van der Waals surface area contributed by atoms with Crippen molar-refractivity contribution in [2.24, 2.45) is 10.9 Å². The molecule has 2 N–H and O–H groups in total. The van der Waals surface area contributed by atoms with Crippen LogP contribution in [0.2, 0.25) is 0 Å². The Morgan fingerprint density at radius 3 is 2.59 bits per heavy atom. The van der Waals surface area contributed by atoms with E-state index in [1.54, 1.807) is 11.4 Å². The first-order chi connectivity index (χ1) is 13.3. The van der Waals surface area contributed by atoms with Crippen molar-refractivity contribution in [3.05, 3.63) is 35.9 Å². The highest BCUT2D eigenvalue weighted by atomic mass is 127. The molecule has 29 heavy (non-hydrogen) atoms. The first kappa shape index (κ1) is 24.4. The SMILES string of the molecule is CN=C(NCC1CCN(S(C)(=O)=O)C1)NC1CC(C)N(Cc2ccccc2)C1.I. The highest BCUT2D eigenvalue weighted by Crippen LogP contribution is 2.20. The van der Waals surface area contributed by atoms with Crippen molar-refractivity contribution in [1.82, 2.24) is 19.8 Å². The third-order valence-corrected chi connectivity index (χ3v) is 7.04. The summed E-state index contributed by atoms with van der Waals surface area (Å²) < 4.78 is 24.9. The molecule has 0 bridgehead atoms. The van der Waals surface area contributed by atoms with E-state index in [1.807, 2.05) is 0 Å². The molecule has 1 aromatic carbocycles. The van der Waals surface area contributed by atoms with E-state index in [-0.39, 0.29) is 24.0 Å². The number of aliphatic imine (C=N–C) groups is 1. The number of nitrogens with zero attached hydrogens (tertiary/aromatic N) is 3. The van der Waals surface area contributed by atoms with E-state index in [9.17, 15) is 8.42 Å². The van der Waals surface area contributed by atoms with Gasteiger partial charge in [0, 0.05) is 51.9 Å². The minimum absolute atomic E-state index is 0. The molecule has 164 valence electrons. The number of sulfonamides is 1. The molecule has 3 unspecified atom stereocenters. The van der Waals surface area contributed by atoms with Gasteiger partial charge in [-0.1, -0.05) is 30.3 Å². The fourth-order valence-corrected chi connectivity index (χ4v) is 5.05. The Bertz CT molecular complexity index is 774. The molecule has 2 heterocycles. The third-order valence-electron chi connectivity index (χ3n) is 5.77. The molecule has 2 fully saturated rings. The third kappa shape index (κ3) is 7.08. The Balaban J connectivity index is 0.00000300. The summed E-state index contributed by atoms with van der Waals surface area (Å²) in [6.45, 7) is 6.18. The van der Waals surface area contributed by atoms with Crippen LogP contribution in [-0.4, -0.2) is 75.1 Å². The number of halogens is 1. The summed E-state index contributed by atoms with van der Waals surface area (Å²) in [5.74, 6) is 1.13. The summed E-state index contributed by atoms with van der Waals surface area (Å²) in [4.78, 5) is 6.86. The Hall–Kier alpha value is -0.910. The summed E-state index contributed by atoms with van der Waals surface area (Å²) in [7, 11) is -1.30. The van der Waals surface area contributed by atoms with Crippen LogP contribution in [0.4, 0.5) is 0 Å². The highest BCUT2D eigenvalue weighted by molar-refractivity contribution is 14.0. The maximum absolute atomic E-state index is 11.7. The average Bonchev–Trinajstić information content (AvgIpc) is 3.26. The summed E-state index contributed by atoms with van der Waals surface area (Å²) in [6, 6.07) is 11.5. The molecule has 0 aliphatic carbocycles. The lowest BCUT2D eigenvalue weighted by Crippen LogP contribution is -2.46. The minimum Gasteiger partial charge on any atom is -0.356 e. The molecular weight excluding hydrogens is 501 g/mol. The van der Waals surface area contributed by atoms with Gasteiger partial charge >= 0.3 is 0 Å². The van der Waals surface area contributed by atoms with Crippen molar-refractivity contribution in [1.29, 1.82) is 0 Å². The maximum atomic E-state index is 11.7. The normalized spacial score (nSPS) is 26.3. The van der Waals surface area contributed by atoms with Crippen molar-refractivity contribution in [2.45, 2.75) is 38.4 Å². The van der Waals surface area contributed by atoms with E-state index < -0.39 is 10.0 Å². The van der Waals surface area contributed by atoms with Crippen LogP contribution in [0.15, 0.2) is 35.3 Å². The number of likely N-dealkylation sites (tertiary alicyclic amines) is 1. The van der Waals surface area contributed by atoms with Gasteiger partial charge in [-0.15, -0.1) is 24.0 Å². The van der Waals surface area contributed by atoms with E-state index in [0.29, 0.717) is 31.1 Å². The molecule has 2 aliphatic rings. The van der Waals surface area contributed by atoms with Gasteiger partial charge in [0.1, 0.15) is 0 Å². The molecule has 3 atom stereocenters. The number of hydrogen-bond acceptors (Lipinski definition) is 4. The Kier molecular flexibility index (Phi) is 9.17. The molecule has 7 nitrogen and oxygen atoms in total. The molecule has 2 aliphatic heterocycles. The Morgan fingerprint density at radius 1 is 1.24 bits per heavy atom. The van der Waals surface area contributed by atoms with Crippen LogP contribution in [0.5, 0.6) is 0 Å². The van der Waals surface area contributed by atoms with Crippen LogP contribution in [0.1, 0.15) is 25.3 Å². The average molecular weight is 535 g/mol. The molecule has 9 heteroatoms. The zero-order chi connectivity index (χ0) is 20.1. The summed E-state index contributed by atoms with van der Waals surface area (Å²) >= 11 is 0. The lowest BCUT2D eigenvalue weighted by Gasteiger charge is -2.21. The summed E-state index contributed by atoms with van der Waals surface area (Å²) in [6.07, 6.45) is 3.26. The predicted octanol–water partition coefficient (Wildman–Crippen LogP) is 1.71. The van der Waals surface area contributed by atoms with E-state index >= 15 is 0 Å². The fourth-order valence-electron chi connectivity index (χ4n) is 4.14. The van der Waals surface area contributed by atoms with Gasteiger partial charge in [0.2, 0.25) is 10.0 Å². The second-order valence-corrected chi connectivity index (χ2v) is 10.1. The van der Waals surface area contributed by atoms with Crippen LogP contribution in [0.3, 0.4) is 0 Å². The first-order valence-corrected chi connectivity index (χ1v) is 11.9. The number of nitrogens with one attached hydrogen (secondary N) is 2. The van der Waals surface area contributed by atoms with Gasteiger partial charge < -0.3 is 10.6 Å². The van der Waals surface area contributed by atoms with Gasteiger partial charge in [0.25, 0.3) is 0 Å². The molecule has 0 spiro atoms. The topological polar surface area (TPSA) is 77.0 Å². The van der Waals surface area contributed by atoms with Gasteiger partial charge in [0.15, 0.2) is 5.96 Å². The highest BCUT2D eigenvalue weighted by Gasteiger charge is 2.31. The van der Waals surface area contributed by atoms with Crippen LogP contribution < -0.4 is 10.6 Å². The van der Waals surface area contributed by atoms with Crippen molar-refractivity contribution in [3.8, 4) is 0 Å². The van der Waals surface area contributed by atoms with Crippen molar-refractivity contribution in [3.63, 3.8) is 0 Å². The van der Waals surface area contributed by atoms with Crippen molar-refractivity contribution < 1.29 is 8.42 Å². The van der Waals surface area contributed by atoms with E-state index in [0.717, 1.165) is 38.4 Å². The van der Waals surface area contributed by atoms with Crippen LogP contribution in [-0.2, 0) is 16.6 Å². The van der Waals surface area contributed by atoms with Crippen molar-refractivity contribution >= 4 is 40.0 Å². The lowest BCUT2D eigenvalue weighted by molar-refractivity contribution is 0.258. The molecule has 3 rings (SSSR count). The van der Waals surface area contributed by atoms with Gasteiger partial charge in [0.05, 0.1) is 6.26 Å². The Labute approximate surface area is 192 Å². The summed E-state index contributed by atoms with van der Waals surface area (Å²) in [5.41, 5.74) is 1.34. The second-order valence-electron chi connectivity index (χ2n) is 8.07. The molecule has 0 radical (unpaired) electrons. The van der Waals surface area contributed by atoms with E-state index in [2.05, 4.69) is 57.8 Å². The second kappa shape index (κ2) is 10.9. The maximum Gasteiger partial charge on any atom is 0.211 e. The largest absolute Gasteiger partial charge is 0.356 e. The minimum atomic E-state index is -3.08. The smallest absolute Gasteiger partial charge is 0.211 e. The van der Waals surface area contributed by atoms with E-state index in [1.165, 1.54) is 11.8 Å². The number of rotatable bonds is 6. The standard InChI is InChI=1S/C20H33N5O2S.HI/c1-16-11-19(15-24(16)13-17-7-5-4-6-8-17)23-20(21-2)22-12-18-9-10-25(14-18)28(3,26)27;/h4-8,16,18-19H,9-15H2,1-3H3,(H2,21,22,23);1H. The monoisotopic (exact) mass is 535 g/mol. The zero-order valence-corrected chi connectivity index (χ0v) is 20.7. The molecular formula is C20H34IN5O2S. The quantitative estimate of drug-likeness (QED) is 0.330. The van der Waals surface area contributed by atoms with Gasteiger partial charge in [-0.25, -0.2) is 12.7 Å². The molecule has 0 amide bonds. The van der Waals surface area contributed by atoms with Crippen LogP contribution in [0.25, 0.3) is 0 Å². The van der Waals surface area contributed by atoms with Crippen LogP contribution in [0, 0.1) is 5.92 Å². The predicted molar refractivity (Wildman–Crippen MR) is 129 cm³/mol. The van der Waals surface area contributed by atoms with E-state index in [4.69, 9.17) is 0 Å². The molecule has 0 saturated carbocycles. The zero-order valence-electron chi connectivity index (χ0n) is 17.5. The van der Waals surface area contributed by atoms with Crippen molar-refractivity contribution in [2.75, 3.05) is 39.5 Å². The van der Waals surface area contributed by atoms with Crippen LogP contribution >= 0.6 is 24.0 Å². The van der Waals surface area contributed by atoms with Gasteiger partial charge in [-0.2, -0.15) is 0 Å². The van der Waals surface area contributed by atoms with Gasteiger partial charge in [-0.3, -0.25) is 9.89 Å². The first-order valence-electron chi connectivity index (χ1n) is 10.1. The van der Waals surface area contributed by atoms with Gasteiger partial charge in [-0.05, 0) is 31.2 Å². The Morgan fingerprint density at radius 2 is 1.97 bits per heavy atom. The fraction of sp³-hybridized carbons (Fsp3) is 0.650. The summed E-state index contributed by atoms with van der Waals surface area (Å²) in [5, 5.41) is 6.93. The number of hydrogen-bond donors (Lipinski definition) is 2.